The maximum Gasteiger partial charge on any atom is 0.254 e. The van der Waals surface area contributed by atoms with Gasteiger partial charge in [-0.15, -0.1) is 11.3 Å². The molecule has 4 rings (SSSR count). The maximum absolute atomic E-state index is 13.2. The van der Waals surface area contributed by atoms with Gasteiger partial charge in [0.2, 0.25) is 0 Å². The first-order chi connectivity index (χ1) is 14.9. The largest absolute Gasteiger partial charge is 0.497 e. The number of hydrogen-bond acceptors (Lipinski definition) is 6. The van der Waals surface area contributed by atoms with Gasteiger partial charge in [-0.3, -0.25) is 14.4 Å². The van der Waals surface area contributed by atoms with Crippen LogP contribution in [0.3, 0.4) is 0 Å². The average Bonchev–Trinajstić information content (AvgIpc) is 3.41. The van der Waals surface area contributed by atoms with E-state index in [0.717, 1.165) is 11.3 Å². The van der Waals surface area contributed by atoms with Crippen LogP contribution >= 0.6 is 11.3 Å². The Hall–Kier alpha value is -3.26. The maximum atomic E-state index is 13.2. The summed E-state index contributed by atoms with van der Waals surface area (Å²) < 4.78 is 5.26. The number of H-pyrrole nitrogens is 1. The van der Waals surface area contributed by atoms with Gasteiger partial charge >= 0.3 is 0 Å². The first-order valence-corrected chi connectivity index (χ1v) is 10.8. The zero-order chi connectivity index (χ0) is 22.1. The summed E-state index contributed by atoms with van der Waals surface area (Å²) in [6, 6.07) is 10.9. The summed E-state index contributed by atoms with van der Waals surface area (Å²) in [5.74, 6) is 0.990. The van der Waals surface area contributed by atoms with Gasteiger partial charge in [-0.1, -0.05) is 12.1 Å². The molecule has 0 radical (unpaired) electrons. The van der Waals surface area contributed by atoms with Crippen LogP contribution in [0, 0.1) is 6.92 Å². The molecule has 2 atom stereocenters. The van der Waals surface area contributed by atoms with E-state index < -0.39 is 0 Å². The fraction of sp³-hybridized carbons (Fsp3) is 0.304. The van der Waals surface area contributed by atoms with Crippen molar-refractivity contribution in [2.45, 2.75) is 25.7 Å². The van der Waals surface area contributed by atoms with Crippen molar-refractivity contribution in [1.29, 1.82) is 0 Å². The van der Waals surface area contributed by atoms with Crippen LogP contribution in [0.15, 0.2) is 46.6 Å². The Morgan fingerprint density at radius 3 is 2.48 bits per heavy atom. The number of thiophene rings is 1. The summed E-state index contributed by atoms with van der Waals surface area (Å²) >= 11 is 1.28. The number of amides is 1. The quantitative estimate of drug-likeness (QED) is 0.618. The number of rotatable bonds is 5. The molecule has 3 heterocycles. The number of carbonyl (C=O) groups excluding carboxylic acids is 2. The summed E-state index contributed by atoms with van der Waals surface area (Å²) in [4.78, 5) is 46.5. The predicted molar refractivity (Wildman–Crippen MR) is 118 cm³/mol. The van der Waals surface area contributed by atoms with E-state index in [1.807, 2.05) is 24.3 Å². The van der Waals surface area contributed by atoms with Gasteiger partial charge in [0.1, 0.15) is 11.6 Å². The molecule has 1 aliphatic heterocycles. The molecule has 1 fully saturated rings. The van der Waals surface area contributed by atoms with Gasteiger partial charge < -0.3 is 14.6 Å². The molecule has 0 saturated carbocycles. The summed E-state index contributed by atoms with van der Waals surface area (Å²) in [6.45, 7) is 4.18. The number of Topliss-reactive ketones (excluding diaryl/α,β-unsaturated/α-hetero) is 1. The molecule has 1 aliphatic rings. The fourth-order valence-electron chi connectivity index (χ4n) is 4.07. The lowest BCUT2D eigenvalue weighted by atomic mass is 9.86. The van der Waals surface area contributed by atoms with Crippen LogP contribution in [0.4, 0.5) is 0 Å². The van der Waals surface area contributed by atoms with E-state index in [-0.39, 0.29) is 29.1 Å². The Bertz CT molecular complexity index is 1180. The third-order valence-corrected chi connectivity index (χ3v) is 6.64. The first-order valence-electron chi connectivity index (χ1n) is 9.96. The van der Waals surface area contributed by atoms with E-state index >= 15 is 0 Å². The molecule has 1 aromatic carbocycles. The monoisotopic (exact) mass is 437 g/mol. The van der Waals surface area contributed by atoms with Gasteiger partial charge in [-0.25, -0.2) is 4.98 Å². The van der Waals surface area contributed by atoms with Crippen LogP contribution in [-0.2, 0) is 0 Å². The second-order valence-electron chi connectivity index (χ2n) is 7.71. The Balaban J connectivity index is 1.68. The number of hydrogen-bond donors (Lipinski definition) is 1. The minimum atomic E-state index is -0.204. The number of aromatic nitrogens is 2. The zero-order valence-corrected chi connectivity index (χ0v) is 18.4. The lowest BCUT2D eigenvalue weighted by Crippen LogP contribution is -2.28. The molecule has 2 aromatic heterocycles. The minimum absolute atomic E-state index is 0.0190. The summed E-state index contributed by atoms with van der Waals surface area (Å²) in [7, 11) is 1.62. The highest BCUT2D eigenvalue weighted by Crippen LogP contribution is 2.40. The smallest absolute Gasteiger partial charge is 0.254 e. The molecule has 160 valence electrons. The van der Waals surface area contributed by atoms with Gasteiger partial charge in [-0.05, 0) is 37.6 Å². The van der Waals surface area contributed by atoms with E-state index in [0.29, 0.717) is 35.0 Å². The number of nitrogens with one attached hydrogen (secondary N) is 1. The normalized spacial score (nSPS) is 18.2. The highest BCUT2D eigenvalue weighted by molar-refractivity contribution is 7.12. The number of ketones is 1. The predicted octanol–water partition coefficient (Wildman–Crippen LogP) is 3.37. The molecule has 3 aromatic rings. The highest BCUT2D eigenvalue weighted by atomic mass is 32.1. The van der Waals surface area contributed by atoms with Gasteiger partial charge in [0.25, 0.3) is 11.5 Å². The second kappa shape index (κ2) is 8.47. The molecule has 7 nitrogen and oxygen atoms in total. The summed E-state index contributed by atoms with van der Waals surface area (Å²) in [5.41, 5.74) is 2.03. The Morgan fingerprint density at radius 1 is 1.16 bits per heavy atom. The Labute approximate surface area is 183 Å². The summed E-state index contributed by atoms with van der Waals surface area (Å²) in [5, 5.41) is 1.73. The Morgan fingerprint density at radius 2 is 1.87 bits per heavy atom. The van der Waals surface area contributed by atoms with E-state index in [2.05, 4.69) is 9.97 Å². The van der Waals surface area contributed by atoms with Crippen molar-refractivity contribution < 1.29 is 14.3 Å². The molecule has 0 spiro atoms. The van der Waals surface area contributed by atoms with E-state index in [1.165, 1.54) is 24.3 Å². The van der Waals surface area contributed by atoms with E-state index in [9.17, 15) is 14.4 Å². The van der Waals surface area contributed by atoms with Crippen molar-refractivity contribution in [3.63, 3.8) is 0 Å². The van der Waals surface area contributed by atoms with Crippen LogP contribution in [0.5, 0.6) is 5.75 Å². The number of benzene rings is 1. The average molecular weight is 438 g/mol. The summed E-state index contributed by atoms with van der Waals surface area (Å²) in [6.07, 6.45) is 0. The standard InChI is InChI=1S/C23H23N3O4S/c1-13(27)21-8-16(12-31-21)23(29)26-10-18(15-4-6-17(30-3)7-5-15)19(11-26)20-9-22(28)25-14(2)24-20/h4-9,12,18-19H,10-11H2,1-3H3,(H,24,25,28)/t18-,19+/m0/s1. The van der Waals surface area contributed by atoms with Gasteiger partial charge in [0.15, 0.2) is 5.78 Å². The molecule has 1 N–H and O–H groups in total. The topological polar surface area (TPSA) is 92.4 Å². The molecular formula is C23H23N3O4S. The molecule has 1 amide bonds. The molecular weight excluding hydrogens is 414 g/mol. The molecule has 8 heteroatoms. The minimum Gasteiger partial charge on any atom is -0.497 e. The second-order valence-corrected chi connectivity index (χ2v) is 8.62. The number of likely N-dealkylation sites (tertiary alicyclic amines) is 1. The molecule has 0 bridgehead atoms. The van der Waals surface area contributed by atoms with Crippen molar-refractivity contribution in [1.82, 2.24) is 14.9 Å². The van der Waals surface area contributed by atoms with Crippen molar-refractivity contribution in [2.24, 2.45) is 0 Å². The number of aromatic amines is 1. The van der Waals surface area contributed by atoms with Crippen LogP contribution in [0.2, 0.25) is 0 Å². The fourth-order valence-corrected chi connectivity index (χ4v) is 4.85. The van der Waals surface area contributed by atoms with Crippen LogP contribution in [0.25, 0.3) is 0 Å². The van der Waals surface area contributed by atoms with E-state index in [1.54, 1.807) is 30.4 Å². The first kappa shape index (κ1) is 21.0. The number of aryl methyl sites for hydroxylation is 1. The lowest BCUT2D eigenvalue weighted by molar-refractivity contribution is 0.0789. The van der Waals surface area contributed by atoms with Crippen molar-refractivity contribution >= 4 is 23.0 Å². The third-order valence-electron chi connectivity index (χ3n) is 5.60. The number of methoxy groups -OCH3 is 1. The molecule has 1 saturated heterocycles. The molecule has 0 aliphatic carbocycles. The van der Waals surface area contributed by atoms with Crippen molar-refractivity contribution in [2.75, 3.05) is 20.2 Å². The number of ether oxygens (including phenoxy) is 1. The number of nitrogens with zero attached hydrogens (tertiary/aromatic N) is 2. The van der Waals surface area contributed by atoms with E-state index in [4.69, 9.17) is 4.74 Å². The van der Waals surface area contributed by atoms with Gasteiger partial charge in [-0.2, -0.15) is 0 Å². The SMILES string of the molecule is COc1ccc([C@@H]2CN(C(=O)c3csc(C(C)=O)c3)C[C@H]2c2cc(=O)[nH]c(C)n2)cc1. The highest BCUT2D eigenvalue weighted by Gasteiger charge is 2.38. The number of carbonyl (C=O) groups is 2. The van der Waals surface area contributed by atoms with Crippen LogP contribution in [0.1, 0.15) is 55.9 Å². The van der Waals surface area contributed by atoms with Crippen LogP contribution in [-0.4, -0.2) is 46.8 Å². The van der Waals surface area contributed by atoms with Gasteiger partial charge in [0, 0.05) is 36.4 Å². The lowest BCUT2D eigenvalue weighted by Gasteiger charge is -2.18. The Kier molecular flexibility index (Phi) is 5.73. The third kappa shape index (κ3) is 4.29. The zero-order valence-electron chi connectivity index (χ0n) is 17.5. The van der Waals surface area contributed by atoms with Crippen molar-refractivity contribution in [3.05, 3.63) is 79.7 Å². The van der Waals surface area contributed by atoms with Crippen LogP contribution < -0.4 is 10.3 Å². The van der Waals surface area contributed by atoms with Crippen molar-refractivity contribution in [3.8, 4) is 5.75 Å². The molecule has 0 unspecified atom stereocenters. The van der Waals surface area contributed by atoms with Gasteiger partial charge in [0.05, 0.1) is 23.2 Å². The molecule has 31 heavy (non-hydrogen) atoms.